The maximum atomic E-state index is 12.2. The number of hydrogen-bond donors (Lipinski definition) is 2. The molecule has 2 aromatic rings. The SMILES string of the molecule is CCC(C)C(NC(=O)c1cc2cccc(C)c2o1)C(=O)O. The molecule has 112 valence electrons. The van der Waals surface area contributed by atoms with Crippen molar-refractivity contribution in [2.75, 3.05) is 0 Å². The van der Waals surface area contributed by atoms with Crippen molar-refractivity contribution in [2.24, 2.45) is 5.92 Å². The topological polar surface area (TPSA) is 79.5 Å². The van der Waals surface area contributed by atoms with Gasteiger partial charge in [0, 0.05) is 5.39 Å². The molecule has 5 nitrogen and oxygen atoms in total. The summed E-state index contributed by atoms with van der Waals surface area (Å²) in [5.74, 6) is -1.56. The summed E-state index contributed by atoms with van der Waals surface area (Å²) in [6.45, 7) is 5.58. The number of para-hydroxylation sites is 1. The summed E-state index contributed by atoms with van der Waals surface area (Å²) in [6, 6.07) is 6.34. The Balaban J connectivity index is 2.25. The summed E-state index contributed by atoms with van der Waals surface area (Å²) in [5.41, 5.74) is 1.58. The highest BCUT2D eigenvalue weighted by molar-refractivity contribution is 5.98. The van der Waals surface area contributed by atoms with Crippen molar-refractivity contribution in [1.82, 2.24) is 5.32 Å². The van der Waals surface area contributed by atoms with Crippen LogP contribution in [-0.4, -0.2) is 23.0 Å². The maximum absolute atomic E-state index is 12.2. The van der Waals surface area contributed by atoms with Crippen molar-refractivity contribution in [3.05, 3.63) is 35.6 Å². The first-order valence-corrected chi connectivity index (χ1v) is 6.96. The number of rotatable bonds is 5. The Morgan fingerprint density at radius 2 is 2.10 bits per heavy atom. The van der Waals surface area contributed by atoms with E-state index in [0.717, 1.165) is 10.9 Å². The summed E-state index contributed by atoms with van der Waals surface area (Å²) >= 11 is 0. The summed E-state index contributed by atoms with van der Waals surface area (Å²) < 4.78 is 5.55. The highest BCUT2D eigenvalue weighted by Crippen LogP contribution is 2.22. The molecule has 5 heteroatoms. The lowest BCUT2D eigenvalue weighted by molar-refractivity contribution is -0.140. The molecule has 0 aliphatic carbocycles. The van der Waals surface area contributed by atoms with Crippen molar-refractivity contribution in [2.45, 2.75) is 33.2 Å². The third kappa shape index (κ3) is 3.07. The van der Waals surface area contributed by atoms with Gasteiger partial charge in [-0.05, 0) is 24.5 Å². The Kier molecular flexibility index (Phi) is 4.31. The van der Waals surface area contributed by atoms with Gasteiger partial charge >= 0.3 is 5.97 Å². The monoisotopic (exact) mass is 289 g/mol. The highest BCUT2D eigenvalue weighted by Gasteiger charge is 2.27. The number of benzene rings is 1. The van der Waals surface area contributed by atoms with Gasteiger partial charge in [0.25, 0.3) is 5.91 Å². The number of aryl methyl sites for hydroxylation is 1. The first-order valence-electron chi connectivity index (χ1n) is 6.96. The van der Waals surface area contributed by atoms with Crippen LogP contribution in [0, 0.1) is 12.8 Å². The van der Waals surface area contributed by atoms with Gasteiger partial charge < -0.3 is 14.8 Å². The van der Waals surface area contributed by atoms with E-state index in [9.17, 15) is 14.7 Å². The molecule has 1 amide bonds. The van der Waals surface area contributed by atoms with Crippen LogP contribution in [0.25, 0.3) is 11.0 Å². The van der Waals surface area contributed by atoms with Crippen LogP contribution < -0.4 is 5.32 Å². The van der Waals surface area contributed by atoms with E-state index >= 15 is 0 Å². The molecule has 0 radical (unpaired) electrons. The van der Waals surface area contributed by atoms with Crippen LogP contribution in [-0.2, 0) is 4.79 Å². The minimum absolute atomic E-state index is 0.133. The van der Waals surface area contributed by atoms with Crippen LogP contribution in [0.2, 0.25) is 0 Å². The molecule has 0 fully saturated rings. The Bertz CT molecular complexity index is 674. The van der Waals surface area contributed by atoms with E-state index in [0.29, 0.717) is 12.0 Å². The molecule has 0 saturated carbocycles. The molecule has 2 unspecified atom stereocenters. The lowest BCUT2D eigenvalue weighted by Gasteiger charge is -2.19. The number of furan rings is 1. The van der Waals surface area contributed by atoms with E-state index < -0.39 is 17.9 Å². The fourth-order valence-electron chi connectivity index (χ4n) is 2.22. The Morgan fingerprint density at radius 3 is 2.67 bits per heavy atom. The van der Waals surface area contributed by atoms with Crippen LogP contribution >= 0.6 is 0 Å². The molecule has 0 aliphatic rings. The second-order valence-corrected chi connectivity index (χ2v) is 5.28. The summed E-state index contributed by atoms with van der Waals surface area (Å²) in [5, 5.41) is 12.6. The number of carbonyl (C=O) groups excluding carboxylic acids is 1. The predicted octanol–water partition coefficient (Wildman–Crippen LogP) is 2.97. The van der Waals surface area contributed by atoms with E-state index in [4.69, 9.17) is 4.42 Å². The molecule has 1 aromatic heterocycles. The molecule has 2 rings (SSSR count). The van der Waals surface area contributed by atoms with E-state index in [1.165, 1.54) is 0 Å². The van der Waals surface area contributed by atoms with Crippen molar-refractivity contribution < 1.29 is 19.1 Å². The van der Waals surface area contributed by atoms with Gasteiger partial charge in [0.15, 0.2) is 5.76 Å². The minimum Gasteiger partial charge on any atom is -0.480 e. The van der Waals surface area contributed by atoms with Gasteiger partial charge in [0.05, 0.1) is 0 Å². The zero-order valence-electron chi connectivity index (χ0n) is 12.3. The number of carboxylic acid groups (broad SMARTS) is 1. The zero-order chi connectivity index (χ0) is 15.6. The van der Waals surface area contributed by atoms with E-state index in [2.05, 4.69) is 5.32 Å². The number of aliphatic carboxylic acids is 1. The minimum atomic E-state index is -1.04. The Labute approximate surface area is 122 Å². The molecular formula is C16H19NO4. The first-order chi connectivity index (χ1) is 9.93. The lowest BCUT2D eigenvalue weighted by atomic mass is 9.99. The first kappa shape index (κ1) is 15.1. The standard InChI is InChI=1S/C16H19NO4/c1-4-9(2)13(16(19)20)17-15(18)12-8-11-7-5-6-10(3)14(11)21-12/h5-9,13H,4H2,1-3H3,(H,17,18)(H,19,20). The quantitative estimate of drug-likeness (QED) is 0.886. The summed E-state index contributed by atoms with van der Waals surface area (Å²) in [4.78, 5) is 23.4. The number of hydrogen-bond acceptors (Lipinski definition) is 3. The smallest absolute Gasteiger partial charge is 0.326 e. The van der Waals surface area contributed by atoms with Crippen LogP contribution in [0.3, 0.4) is 0 Å². The zero-order valence-corrected chi connectivity index (χ0v) is 12.3. The van der Waals surface area contributed by atoms with Crippen molar-refractivity contribution in [3.63, 3.8) is 0 Å². The Hall–Kier alpha value is -2.30. The van der Waals surface area contributed by atoms with E-state index in [1.54, 1.807) is 13.0 Å². The number of amides is 1. The van der Waals surface area contributed by atoms with Crippen LogP contribution in [0.5, 0.6) is 0 Å². The largest absolute Gasteiger partial charge is 0.480 e. The molecule has 0 aliphatic heterocycles. The average molecular weight is 289 g/mol. The second-order valence-electron chi connectivity index (χ2n) is 5.28. The highest BCUT2D eigenvalue weighted by atomic mass is 16.4. The van der Waals surface area contributed by atoms with Gasteiger partial charge in [-0.15, -0.1) is 0 Å². The molecule has 0 bridgehead atoms. The molecular weight excluding hydrogens is 270 g/mol. The fourth-order valence-corrected chi connectivity index (χ4v) is 2.22. The molecule has 2 atom stereocenters. The van der Waals surface area contributed by atoms with Crippen molar-refractivity contribution in [3.8, 4) is 0 Å². The fraction of sp³-hybridized carbons (Fsp3) is 0.375. The molecule has 2 N–H and O–H groups in total. The molecule has 1 heterocycles. The lowest BCUT2D eigenvalue weighted by Crippen LogP contribution is -2.44. The van der Waals surface area contributed by atoms with Gasteiger partial charge in [-0.3, -0.25) is 4.79 Å². The van der Waals surface area contributed by atoms with Crippen molar-refractivity contribution >= 4 is 22.8 Å². The summed E-state index contributed by atoms with van der Waals surface area (Å²) in [6.07, 6.45) is 0.663. The molecule has 0 saturated heterocycles. The Morgan fingerprint density at radius 1 is 1.38 bits per heavy atom. The van der Waals surface area contributed by atoms with Gasteiger partial charge in [-0.25, -0.2) is 4.79 Å². The molecule has 1 aromatic carbocycles. The van der Waals surface area contributed by atoms with Gasteiger partial charge in [0.2, 0.25) is 0 Å². The maximum Gasteiger partial charge on any atom is 0.326 e. The molecule has 0 spiro atoms. The third-order valence-electron chi connectivity index (χ3n) is 3.73. The van der Waals surface area contributed by atoms with Crippen LogP contribution in [0.4, 0.5) is 0 Å². The van der Waals surface area contributed by atoms with E-state index in [1.807, 2.05) is 32.0 Å². The number of fused-ring (bicyclic) bond motifs is 1. The van der Waals surface area contributed by atoms with Crippen LogP contribution in [0.1, 0.15) is 36.4 Å². The second kappa shape index (κ2) is 5.99. The van der Waals surface area contributed by atoms with Gasteiger partial charge in [0.1, 0.15) is 11.6 Å². The van der Waals surface area contributed by atoms with Crippen molar-refractivity contribution in [1.29, 1.82) is 0 Å². The van der Waals surface area contributed by atoms with Gasteiger partial charge in [-0.1, -0.05) is 38.5 Å². The number of carbonyl (C=O) groups is 2. The number of carboxylic acids is 1. The normalized spacial score (nSPS) is 13.9. The van der Waals surface area contributed by atoms with Crippen LogP contribution in [0.15, 0.2) is 28.7 Å². The summed E-state index contributed by atoms with van der Waals surface area (Å²) in [7, 11) is 0. The number of nitrogens with one attached hydrogen (secondary N) is 1. The van der Waals surface area contributed by atoms with Gasteiger partial charge in [-0.2, -0.15) is 0 Å². The van der Waals surface area contributed by atoms with E-state index in [-0.39, 0.29) is 11.7 Å². The predicted molar refractivity (Wildman–Crippen MR) is 79.3 cm³/mol. The molecule has 21 heavy (non-hydrogen) atoms. The average Bonchev–Trinajstić information content (AvgIpc) is 2.89. The third-order valence-corrected chi connectivity index (χ3v) is 3.73.